The molecule has 0 spiro atoms. The molecule has 0 aromatic carbocycles. The molecule has 0 bridgehead atoms. The van der Waals surface area contributed by atoms with E-state index in [0.29, 0.717) is 0 Å². The van der Waals surface area contributed by atoms with Crippen molar-refractivity contribution in [1.82, 2.24) is 0 Å². The van der Waals surface area contributed by atoms with Gasteiger partial charge in [0, 0.05) is 0 Å². The fraction of sp³-hybridized carbons (Fsp3) is 1.00. The van der Waals surface area contributed by atoms with Crippen molar-refractivity contribution in [3.63, 3.8) is 0 Å². The first-order valence-electron chi connectivity index (χ1n) is 3.04. The summed E-state index contributed by atoms with van der Waals surface area (Å²) in [6.07, 6.45) is -6.28. The van der Waals surface area contributed by atoms with E-state index in [-0.39, 0.29) is 0 Å². The Hall–Kier alpha value is -0.140. The van der Waals surface area contributed by atoms with Crippen LogP contribution in [0.1, 0.15) is 6.42 Å². The second kappa shape index (κ2) is 2.68. The van der Waals surface area contributed by atoms with Crippen molar-refractivity contribution in [2.45, 2.75) is 29.0 Å². The summed E-state index contributed by atoms with van der Waals surface area (Å²) in [7, 11) is 0. The van der Waals surface area contributed by atoms with Crippen molar-refractivity contribution in [3.8, 4) is 0 Å². The minimum Gasteiger partial charge on any atom is -0.229 e. The molecule has 1 heterocycles. The molecule has 0 N–H and O–H groups in total. The minimum atomic E-state index is -4.75. The van der Waals surface area contributed by atoms with E-state index in [4.69, 9.17) is 0 Å². The van der Waals surface area contributed by atoms with E-state index in [0.717, 1.165) is 0 Å². The highest BCUT2D eigenvalue weighted by Gasteiger charge is 2.74. The fourth-order valence-corrected chi connectivity index (χ4v) is 1.90. The Kier molecular flexibility index (Phi) is 2.25. The van der Waals surface area contributed by atoms with E-state index < -0.39 is 40.8 Å². The van der Waals surface area contributed by atoms with Gasteiger partial charge < -0.3 is 0 Å². The van der Waals surface area contributed by atoms with Crippen LogP contribution in [0.5, 0.6) is 0 Å². The zero-order valence-electron chi connectivity index (χ0n) is 5.84. The minimum absolute atomic E-state index is 1.36. The van der Waals surface area contributed by atoms with Crippen LogP contribution in [0, 0.1) is 0 Å². The van der Waals surface area contributed by atoms with E-state index in [1.54, 1.807) is 0 Å². The highest BCUT2D eigenvalue weighted by Crippen LogP contribution is 2.62. The number of thioether (sulfide) groups is 1. The first-order chi connectivity index (χ1) is 5.61. The zero-order chi connectivity index (χ0) is 10.5. The maximum atomic E-state index is 12.7. The molecule has 8 heteroatoms. The molecule has 0 aliphatic carbocycles. The van der Waals surface area contributed by atoms with Crippen LogP contribution in [-0.4, -0.2) is 22.6 Å². The van der Waals surface area contributed by atoms with E-state index in [1.165, 1.54) is 0 Å². The Morgan fingerprint density at radius 1 is 1.00 bits per heavy atom. The highest BCUT2D eigenvalue weighted by atomic mass is 32.2. The molecule has 1 saturated heterocycles. The second-order valence-corrected chi connectivity index (χ2v) is 3.91. The molecule has 1 atom stereocenters. The van der Waals surface area contributed by atoms with Crippen LogP contribution in [0.4, 0.5) is 30.7 Å². The van der Waals surface area contributed by atoms with Crippen molar-refractivity contribution < 1.29 is 30.7 Å². The highest BCUT2D eigenvalue weighted by molar-refractivity contribution is 8.01. The van der Waals surface area contributed by atoms with E-state index >= 15 is 0 Å². The van der Waals surface area contributed by atoms with Gasteiger partial charge in [-0.1, -0.05) is 0 Å². The second-order valence-electron chi connectivity index (χ2n) is 2.60. The molecule has 0 aromatic heterocycles. The number of rotatable bonds is 1. The number of hydrogen-bond donors (Lipinski definition) is 0. The van der Waals surface area contributed by atoms with Crippen LogP contribution in [0.3, 0.4) is 0 Å². The predicted octanol–water partition coefficient (Wildman–Crippen LogP) is 3.28. The van der Waals surface area contributed by atoms with Crippen molar-refractivity contribution >= 4 is 11.8 Å². The molecule has 1 rings (SSSR count). The Morgan fingerprint density at radius 3 is 1.62 bits per heavy atom. The van der Waals surface area contributed by atoms with Gasteiger partial charge in [-0.3, -0.25) is 0 Å². The van der Waals surface area contributed by atoms with Gasteiger partial charge in [0.15, 0.2) is 0 Å². The SMILES string of the molecule is FC(F)C1(F)CC(F)(F)SC1(F)F. The van der Waals surface area contributed by atoms with Crippen LogP contribution in [-0.2, 0) is 0 Å². The topological polar surface area (TPSA) is 0 Å². The fourth-order valence-electron chi connectivity index (χ4n) is 0.915. The molecule has 0 saturated carbocycles. The Labute approximate surface area is 72.5 Å². The molecule has 0 amide bonds. The van der Waals surface area contributed by atoms with Crippen LogP contribution < -0.4 is 0 Å². The zero-order valence-corrected chi connectivity index (χ0v) is 6.65. The van der Waals surface area contributed by atoms with Crippen LogP contribution in [0.2, 0.25) is 0 Å². The van der Waals surface area contributed by atoms with Gasteiger partial charge in [0.25, 0.3) is 6.43 Å². The van der Waals surface area contributed by atoms with Crippen molar-refractivity contribution in [2.75, 3.05) is 0 Å². The summed E-state index contributed by atoms with van der Waals surface area (Å²) >= 11 is -1.36. The summed E-state index contributed by atoms with van der Waals surface area (Å²) in [5, 5.41) is -8.89. The Balaban J connectivity index is 3.00. The lowest BCUT2D eigenvalue weighted by Crippen LogP contribution is -2.44. The van der Waals surface area contributed by atoms with Gasteiger partial charge in [0.1, 0.15) is 0 Å². The molecule has 13 heavy (non-hydrogen) atoms. The predicted molar refractivity (Wildman–Crippen MR) is 31.9 cm³/mol. The standard InChI is InChI=1S/C5H3F7S/c6-2(7)3(8)1-4(9,10)13-5(3,11)12/h2H,1H2. The lowest BCUT2D eigenvalue weighted by molar-refractivity contribution is -0.152. The smallest absolute Gasteiger partial charge is 0.229 e. The quantitative estimate of drug-likeness (QED) is 0.620. The molecule has 1 aliphatic heterocycles. The van der Waals surface area contributed by atoms with E-state index in [9.17, 15) is 30.7 Å². The molecule has 0 radical (unpaired) electrons. The average Bonchev–Trinajstić information content (AvgIpc) is 1.97. The summed E-state index contributed by atoms with van der Waals surface area (Å²) < 4.78 is 85.4. The maximum absolute atomic E-state index is 12.7. The van der Waals surface area contributed by atoms with Gasteiger partial charge in [-0.05, 0) is 11.8 Å². The third kappa shape index (κ3) is 1.60. The number of alkyl halides is 7. The summed E-state index contributed by atoms with van der Waals surface area (Å²) in [4.78, 5) is 0. The van der Waals surface area contributed by atoms with E-state index in [1.807, 2.05) is 0 Å². The van der Waals surface area contributed by atoms with Gasteiger partial charge in [0.05, 0.1) is 6.42 Å². The Bertz CT molecular complexity index is 215. The van der Waals surface area contributed by atoms with Crippen LogP contribution in [0.25, 0.3) is 0 Å². The summed E-state index contributed by atoms with van der Waals surface area (Å²) in [5.41, 5.74) is -4.43. The van der Waals surface area contributed by atoms with Gasteiger partial charge in [-0.15, -0.1) is 0 Å². The third-order valence-corrected chi connectivity index (χ3v) is 2.61. The van der Waals surface area contributed by atoms with Crippen molar-refractivity contribution in [1.29, 1.82) is 0 Å². The van der Waals surface area contributed by atoms with Gasteiger partial charge in [-0.2, -0.15) is 17.6 Å². The number of halogens is 7. The molecular weight excluding hydrogens is 225 g/mol. The van der Waals surface area contributed by atoms with Gasteiger partial charge in [-0.25, -0.2) is 13.2 Å². The molecule has 1 unspecified atom stereocenters. The molecule has 1 aliphatic rings. The molecule has 0 nitrogen and oxygen atoms in total. The summed E-state index contributed by atoms with van der Waals surface area (Å²) in [6, 6.07) is 0. The molecule has 78 valence electrons. The van der Waals surface area contributed by atoms with E-state index in [2.05, 4.69) is 0 Å². The number of hydrogen-bond acceptors (Lipinski definition) is 1. The Morgan fingerprint density at radius 2 is 1.46 bits per heavy atom. The van der Waals surface area contributed by atoms with Gasteiger partial charge >= 0.3 is 10.5 Å². The molecular formula is C5H3F7S. The first-order valence-corrected chi connectivity index (χ1v) is 3.85. The third-order valence-electron chi connectivity index (χ3n) is 1.57. The summed E-state index contributed by atoms with van der Waals surface area (Å²) in [6.45, 7) is 0. The maximum Gasteiger partial charge on any atom is 0.338 e. The van der Waals surface area contributed by atoms with Crippen molar-refractivity contribution in [3.05, 3.63) is 0 Å². The summed E-state index contributed by atoms with van der Waals surface area (Å²) in [5.74, 6) is 0. The average molecular weight is 228 g/mol. The van der Waals surface area contributed by atoms with Gasteiger partial charge in [0.2, 0.25) is 5.67 Å². The molecule has 0 aromatic rings. The van der Waals surface area contributed by atoms with Crippen LogP contribution >= 0.6 is 11.8 Å². The lowest BCUT2D eigenvalue weighted by Gasteiger charge is -2.23. The first kappa shape index (κ1) is 10.9. The monoisotopic (exact) mass is 228 g/mol. The van der Waals surface area contributed by atoms with Crippen LogP contribution in [0.15, 0.2) is 0 Å². The lowest BCUT2D eigenvalue weighted by atomic mass is 10.0. The van der Waals surface area contributed by atoms with Crippen molar-refractivity contribution in [2.24, 2.45) is 0 Å². The molecule has 1 fully saturated rings. The normalized spacial score (nSPS) is 36.9. The largest absolute Gasteiger partial charge is 0.338 e.